The lowest BCUT2D eigenvalue weighted by atomic mass is 10.1. The minimum absolute atomic E-state index is 0.0871. The number of halogens is 2. The molecular formula is C14H17F2N3O2. The van der Waals surface area contributed by atoms with Crippen LogP contribution in [0.2, 0.25) is 0 Å². The number of benzene rings is 1. The topological polar surface area (TPSA) is 62.4 Å². The van der Waals surface area contributed by atoms with Gasteiger partial charge in [0.2, 0.25) is 11.7 Å². The maximum Gasteiger partial charge on any atom is 0.251 e. The summed E-state index contributed by atoms with van der Waals surface area (Å²) < 4.78 is 29.9. The molecule has 0 radical (unpaired) electrons. The Morgan fingerprint density at radius 2 is 2.00 bits per heavy atom. The van der Waals surface area contributed by atoms with Crippen molar-refractivity contribution in [1.82, 2.24) is 15.0 Å². The fourth-order valence-electron chi connectivity index (χ4n) is 1.90. The average molecular weight is 297 g/mol. The first-order valence-electron chi connectivity index (χ1n) is 6.59. The van der Waals surface area contributed by atoms with E-state index in [4.69, 9.17) is 9.63 Å². The summed E-state index contributed by atoms with van der Waals surface area (Å²) in [5, 5.41) is 12.7. The molecule has 0 aliphatic rings. The summed E-state index contributed by atoms with van der Waals surface area (Å²) >= 11 is 0. The molecule has 0 spiro atoms. The van der Waals surface area contributed by atoms with Crippen LogP contribution in [0.25, 0.3) is 11.4 Å². The van der Waals surface area contributed by atoms with Gasteiger partial charge in [-0.05, 0) is 6.92 Å². The first kappa shape index (κ1) is 15.5. The number of hydrogen-bond donors (Lipinski definition) is 1. The average Bonchev–Trinajstić information content (AvgIpc) is 2.87. The van der Waals surface area contributed by atoms with E-state index in [1.807, 2.05) is 31.2 Å². The first-order chi connectivity index (χ1) is 10.1. The van der Waals surface area contributed by atoms with Crippen LogP contribution in [0.15, 0.2) is 28.8 Å². The van der Waals surface area contributed by atoms with E-state index in [2.05, 4.69) is 10.1 Å². The predicted molar refractivity (Wildman–Crippen MR) is 72.8 cm³/mol. The first-order valence-corrected chi connectivity index (χ1v) is 6.59. The van der Waals surface area contributed by atoms with Crippen molar-refractivity contribution >= 4 is 0 Å². The van der Waals surface area contributed by atoms with Gasteiger partial charge in [0, 0.05) is 12.1 Å². The van der Waals surface area contributed by atoms with Crippen molar-refractivity contribution in [3.8, 4) is 11.4 Å². The Morgan fingerprint density at radius 1 is 1.29 bits per heavy atom. The van der Waals surface area contributed by atoms with Crippen molar-refractivity contribution in [2.24, 2.45) is 0 Å². The number of aliphatic hydroxyl groups is 1. The van der Waals surface area contributed by atoms with Crippen LogP contribution in [0.1, 0.15) is 11.5 Å². The van der Waals surface area contributed by atoms with E-state index in [0.29, 0.717) is 5.82 Å². The summed E-state index contributed by atoms with van der Waals surface area (Å²) in [6.07, 6.45) is -2.48. The van der Waals surface area contributed by atoms with Crippen molar-refractivity contribution in [2.75, 3.05) is 19.7 Å². The number of alkyl halides is 2. The van der Waals surface area contributed by atoms with Gasteiger partial charge in [-0.15, -0.1) is 0 Å². The highest BCUT2D eigenvalue weighted by Gasteiger charge is 2.16. The van der Waals surface area contributed by atoms with E-state index in [-0.39, 0.29) is 25.6 Å². The molecule has 114 valence electrons. The minimum Gasteiger partial charge on any atom is -0.395 e. The van der Waals surface area contributed by atoms with E-state index in [0.717, 1.165) is 11.1 Å². The maximum absolute atomic E-state index is 12.4. The van der Waals surface area contributed by atoms with Gasteiger partial charge in [0.1, 0.15) is 0 Å². The van der Waals surface area contributed by atoms with Crippen LogP contribution >= 0.6 is 0 Å². The molecule has 0 saturated carbocycles. The molecule has 2 rings (SSSR count). The second-order valence-electron chi connectivity index (χ2n) is 4.73. The second kappa shape index (κ2) is 7.24. The molecule has 1 heterocycles. The zero-order valence-electron chi connectivity index (χ0n) is 11.7. The standard InChI is InChI=1S/C14H17F2N3O2/c1-10-2-4-11(5-3-10)14-17-13(21-18-14)9-19(6-7-20)8-12(15)16/h2-5,12,20H,6-9H2,1H3. The largest absolute Gasteiger partial charge is 0.395 e. The summed E-state index contributed by atoms with van der Waals surface area (Å²) in [7, 11) is 0. The molecular weight excluding hydrogens is 280 g/mol. The third-order valence-corrected chi connectivity index (χ3v) is 2.95. The lowest BCUT2D eigenvalue weighted by molar-refractivity contribution is 0.0692. The summed E-state index contributed by atoms with van der Waals surface area (Å²) in [5.74, 6) is 0.672. The molecule has 0 amide bonds. The van der Waals surface area contributed by atoms with Crippen molar-refractivity contribution in [3.63, 3.8) is 0 Å². The summed E-state index contributed by atoms with van der Waals surface area (Å²) in [6, 6.07) is 7.60. The lowest BCUT2D eigenvalue weighted by Gasteiger charge is -2.18. The Morgan fingerprint density at radius 3 is 2.62 bits per heavy atom. The Hall–Kier alpha value is -1.86. The molecule has 21 heavy (non-hydrogen) atoms. The van der Waals surface area contributed by atoms with Crippen molar-refractivity contribution < 1.29 is 18.4 Å². The number of hydrogen-bond acceptors (Lipinski definition) is 5. The van der Waals surface area contributed by atoms with Gasteiger partial charge in [0.05, 0.1) is 19.7 Å². The van der Waals surface area contributed by atoms with Crippen LogP contribution in [0.4, 0.5) is 8.78 Å². The summed E-state index contributed by atoms with van der Waals surface area (Å²) in [6.45, 7) is 1.55. The van der Waals surface area contributed by atoms with Crippen LogP contribution in [0, 0.1) is 6.92 Å². The van der Waals surface area contributed by atoms with Crippen molar-refractivity contribution in [3.05, 3.63) is 35.7 Å². The molecule has 0 fully saturated rings. The van der Waals surface area contributed by atoms with Crippen LogP contribution < -0.4 is 0 Å². The molecule has 0 atom stereocenters. The summed E-state index contributed by atoms with van der Waals surface area (Å²) in [4.78, 5) is 5.57. The number of aliphatic hydroxyl groups excluding tert-OH is 1. The van der Waals surface area contributed by atoms with Gasteiger partial charge >= 0.3 is 0 Å². The molecule has 0 saturated heterocycles. The van der Waals surface area contributed by atoms with Crippen molar-refractivity contribution in [1.29, 1.82) is 0 Å². The number of aryl methyl sites for hydroxylation is 1. The molecule has 2 aromatic rings. The molecule has 0 aliphatic heterocycles. The zero-order valence-corrected chi connectivity index (χ0v) is 11.7. The fraction of sp³-hybridized carbons (Fsp3) is 0.429. The molecule has 0 unspecified atom stereocenters. The van der Waals surface area contributed by atoms with E-state index < -0.39 is 13.0 Å². The van der Waals surface area contributed by atoms with Gasteiger partial charge in [-0.1, -0.05) is 35.0 Å². The van der Waals surface area contributed by atoms with Crippen molar-refractivity contribution in [2.45, 2.75) is 19.9 Å². The van der Waals surface area contributed by atoms with Gasteiger partial charge < -0.3 is 9.63 Å². The Bertz CT molecular complexity index is 558. The van der Waals surface area contributed by atoms with Gasteiger partial charge in [-0.3, -0.25) is 4.90 Å². The molecule has 1 aromatic carbocycles. The predicted octanol–water partition coefficient (Wildman–Crippen LogP) is 2.10. The normalized spacial score (nSPS) is 11.5. The number of aromatic nitrogens is 2. The molecule has 5 nitrogen and oxygen atoms in total. The SMILES string of the molecule is Cc1ccc(-c2noc(CN(CCO)CC(F)F)n2)cc1. The van der Waals surface area contributed by atoms with Crippen LogP contribution in [0.3, 0.4) is 0 Å². The third-order valence-electron chi connectivity index (χ3n) is 2.95. The van der Waals surface area contributed by atoms with Gasteiger partial charge in [-0.2, -0.15) is 4.98 Å². The number of rotatable bonds is 7. The van der Waals surface area contributed by atoms with Gasteiger partial charge in [-0.25, -0.2) is 8.78 Å². The Balaban J connectivity index is 2.06. The van der Waals surface area contributed by atoms with Crippen LogP contribution in [0.5, 0.6) is 0 Å². The fourth-order valence-corrected chi connectivity index (χ4v) is 1.90. The second-order valence-corrected chi connectivity index (χ2v) is 4.73. The summed E-state index contributed by atoms with van der Waals surface area (Å²) in [5.41, 5.74) is 1.92. The minimum atomic E-state index is -2.48. The van der Waals surface area contributed by atoms with E-state index in [1.165, 1.54) is 4.90 Å². The molecule has 0 aliphatic carbocycles. The Labute approximate surface area is 121 Å². The van der Waals surface area contributed by atoms with Gasteiger partial charge in [0.25, 0.3) is 6.43 Å². The van der Waals surface area contributed by atoms with E-state index in [9.17, 15) is 8.78 Å². The van der Waals surface area contributed by atoms with E-state index >= 15 is 0 Å². The smallest absolute Gasteiger partial charge is 0.251 e. The molecule has 1 N–H and O–H groups in total. The quantitative estimate of drug-likeness (QED) is 0.848. The maximum atomic E-state index is 12.4. The lowest BCUT2D eigenvalue weighted by Crippen LogP contribution is -2.31. The highest BCUT2D eigenvalue weighted by molar-refractivity contribution is 5.54. The highest BCUT2D eigenvalue weighted by Crippen LogP contribution is 2.17. The third kappa shape index (κ3) is 4.57. The monoisotopic (exact) mass is 297 g/mol. The zero-order chi connectivity index (χ0) is 15.2. The highest BCUT2D eigenvalue weighted by atomic mass is 19.3. The molecule has 7 heteroatoms. The van der Waals surface area contributed by atoms with Crippen LogP contribution in [-0.2, 0) is 6.54 Å². The molecule has 1 aromatic heterocycles. The Kier molecular flexibility index (Phi) is 5.35. The van der Waals surface area contributed by atoms with Gasteiger partial charge in [0.15, 0.2) is 0 Å². The van der Waals surface area contributed by atoms with E-state index in [1.54, 1.807) is 0 Å². The number of nitrogens with zero attached hydrogens (tertiary/aromatic N) is 3. The van der Waals surface area contributed by atoms with Crippen LogP contribution in [-0.4, -0.2) is 46.3 Å². The molecule has 0 bridgehead atoms.